The lowest BCUT2D eigenvalue weighted by Gasteiger charge is -2.12. The second-order valence-corrected chi connectivity index (χ2v) is 6.87. The van der Waals surface area contributed by atoms with Crippen LogP contribution in [0, 0.1) is 0 Å². The van der Waals surface area contributed by atoms with Gasteiger partial charge in [0.05, 0.1) is 7.11 Å². The molecule has 5 nitrogen and oxygen atoms in total. The average molecular weight is 408 g/mol. The van der Waals surface area contributed by atoms with Gasteiger partial charge in [-0.25, -0.2) is 8.42 Å². The quantitative estimate of drug-likeness (QED) is 0.789. The molecule has 0 spiro atoms. The smallest absolute Gasteiger partial charge is 0.387 e. The Morgan fingerprint density at radius 2 is 1.78 bits per heavy atom. The van der Waals surface area contributed by atoms with Gasteiger partial charge < -0.3 is 9.47 Å². The Morgan fingerprint density at radius 1 is 1.13 bits per heavy atom. The summed E-state index contributed by atoms with van der Waals surface area (Å²) in [7, 11) is -2.55. The molecule has 0 saturated carbocycles. The first-order chi connectivity index (χ1) is 10.8. The van der Waals surface area contributed by atoms with Crippen LogP contribution in [0.3, 0.4) is 0 Å². The summed E-state index contributed by atoms with van der Waals surface area (Å²) in [6.45, 7) is -2.94. The molecule has 0 saturated heterocycles. The predicted molar refractivity (Wildman–Crippen MR) is 84.6 cm³/mol. The Labute approximate surface area is 140 Å². The predicted octanol–water partition coefficient (Wildman–Crippen LogP) is 3.86. The summed E-state index contributed by atoms with van der Waals surface area (Å²) in [5, 5.41) is 0. The minimum atomic E-state index is -3.91. The number of sulfonamides is 1. The highest BCUT2D eigenvalue weighted by Gasteiger charge is 2.20. The van der Waals surface area contributed by atoms with E-state index >= 15 is 0 Å². The van der Waals surface area contributed by atoms with Crippen LogP contribution in [0.1, 0.15) is 0 Å². The number of halogens is 3. The third-order valence-corrected chi connectivity index (χ3v) is 4.64. The minimum absolute atomic E-state index is 0.0534. The van der Waals surface area contributed by atoms with Gasteiger partial charge in [-0.3, -0.25) is 4.72 Å². The van der Waals surface area contributed by atoms with Crippen LogP contribution in [0.4, 0.5) is 14.5 Å². The summed E-state index contributed by atoms with van der Waals surface area (Å²) in [5.74, 6) is 0.112. The molecular formula is C14H12BrF2NO4S. The van der Waals surface area contributed by atoms with E-state index in [1.807, 2.05) is 0 Å². The molecule has 0 unspecified atom stereocenters. The van der Waals surface area contributed by atoms with Crippen molar-refractivity contribution in [3.63, 3.8) is 0 Å². The Hall–Kier alpha value is -1.87. The van der Waals surface area contributed by atoms with Gasteiger partial charge >= 0.3 is 6.61 Å². The van der Waals surface area contributed by atoms with Gasteiger partial charge in [-0.05, 0) is 42.5 Å². The zero-order valence-electron chi connectivity index (χ0n) is 11.8. The van der Waals surface area contributed by atoms with E-state index in [-0.39, 0.29) is 22.1 Å². The molecule has 9 heteroatoms. The molecule has 2 rings (SSSR count). The maximum absolute atomic E-state index is 12.4. The molecule has 0 aliphatic rings. The molecule has 2 aromatic rings. The highest BCUT2D eigenvalue weighted by atomic mass is 79.9. The summed E-state index contributed by atoms with van der Waals surface area (Å²) in [5.41, 5.74) is 0.202. The van der Waals surface area contributed by atoms with E-state index in [0.717, 1.165) is 0 Å². The Kier molecular flexibility index (Phi) is 5.42. The molecule has 0 radical (unpaired) electrons. The van der Waals surface area contributed by atoms with Crippen LogP contribution < -0.4 is 14.2 Å². The molecule has 0 amide bonds. The number of benzene rings is 2. The lowest BCUT2D eigenvalue weighted by molar-refractivity contribution is -0.0498. The zero-order chi connectivity index (χ0) is 17.0. The zero-order valence-corrected chi connectivity index (χ0v) is 14.2. The van der Waals surface area contributed by atoms with Crippen LogP contribution in [0.15, 0.2) is 51.8 Å². The number of anilines is 1. The van der Waals surface area contributed by atoms with Crippen LogP contribution in [0.5, 0.6) is 11.5 Å². The fourth-order valence-corrected chi connectivity index (χ4v) is 3.54. The number of rotatable bonds is 6. The average Bonchev–Trinajstić information content (AvgIpc) is 2.48. The van der Waals surface area contributed by atoms with E-state index in [9.17, 15) is 17.2 Å². The minimum Gasteiger partial charge on any atom is -0.495 e. The molecule has 2 aromatic carbocycles. The van der Waals surface area contributed by atoms with E-state index in [1.165, 1.54) is 43.5 Å². The Bertz CT molecular complexity index is 782. The molecule has 0 bridgehead atoms. The lowest BCUT2D eigenvalue weighted by Crippen LogP contribution is -2.14. The standard InChI is InChI=1S/C14H12BrF2NO4S/c1-21-12-7-2-9(15)8-13(12)23(19,20)18-10-3-5-11(6-4-10)22-14(16)17/h2-8,14,18H,1H3. The molecule has 1 N–H and O–H groups in total. The van der Waals surface area contributed by atoms with Crippen molar-refractivity contribution in [3.8, 4) is 11.5 Å². The summed E-state index contributed by atoms with van der Waals surface area (Å²) < 4.78 is 61.2. The fraction of sp³-hybridized carbons (Fsp3) is 0.143. The third-order valence-electron chi connectivity index (χ3n) is 2.75. The summed E-state index contributed by atoms with van der Waals surface area (Å²) >= 11 is 3.20. The van der Waals surface area contributed by atoms with Gasteiger partial charge in [0.25, 0.3) is 10.0 Å². The van der Waals surface area contributed by atoms with E-state index in [4.69, 9.17) is 4.74 Å². The fourth-order valence-electron chi connectivity index (χ4n) is 1.78. The summed E-state index contributed by atoms with van der Waals surface area (Å²) in [6.07, 6.45) is 0. The molecule has 0 heterocycles. The number of alkyl halides is 2. The summed E-state index contributed by atoms with van der Waals surface area (Å²) in [6, 6.07) is 9.67. The first kappa shape index (κ1) is 17.5. The molecule has 0 aliphatic carbocycles. The number of methoxy groups -OCH3 is 1. The highest BCUT2D eigenvalue weighted by Crippen LogP contribution is 2.29. The third kappa shape index (κ3) is 4.55. The molecule has 0 atom stereocenters. The number of nitrogens with one attached hydrogen (secondary N) is 1. The second-order valence-electron chi connectivity index (χ2n) is 4.30. The molecule has 124 valence electrons. The summed E-state index contributed by atoms with van der Waals surface area (Å²) in [4.78, 5) is -0.0534. The second kappa shape index (κ2) is 7.14. The van der Waals surface area contributed by atoms with Crippen LogP contribution in [0.2, 0.25) is 0 Å². The van der Waals surface area contributed by atoms with Gasteiger partial charge in [-0.2, -0.15) is 8.78 Å². The van der Waals surface area contributed by atoms with E-state index in [0.29, 0.717) is 4.47 Å². The number of ether oxygens (including phenoxy) is 2. The molecule has 23 heavy (non-hydrogen) atoms. The first-order valence-corrected chi connectivity index (χ1v) is 8.50. The first-order valence-electron chi connectivity index (χ1n) is 6.23. The lowest BCUT2D eigenvalue weighted by atomic mass is 10.3. The molecule has 0 aliphatic heterocycles. The van der Waals surface area contributed by atoms with Gasteiger partial charge in [-0.15, -0.1) is 0 Å². The topological polar surface area (TPSA) is 64.6 Å². The number of hydrogen-bond acceptors (Lipinski definition) is 4. The van der Waals surface area contributed by atoms with Crippen molar-refractivity contribution in [2.45, 2.75) is 11.5 Å². The Balaban J connectivity index is 2.26. The van der Waals surface area contributed by atoms with Crippen LogP contribution in [0.25, 0.3) is 0 Å². The van der Waals surface area contributed by atoms with Gasteiger partial charge in [0, 0.05) is 10.2 Å². The van der Waals surface area contributed by atoms with Crippen molar-refractivity contribution in [3.05, 3.63) is 46.9 Å². The molecular weight excluding hydrogens is 396 g/mol. The maximum atomic E-state index is 12.4. The maximum Gasteiger partial charge on any atom is 0.387 e. The highest BCUT2D eigenvalue weighted by molar-refractivity contribution is 9.10. The van der Waals surface area contributed by atoms with Gasteiger partial charge in [0.1, 0.15) is 16.4 Å². The number of hydrogen-bond donors (Lipinski definition) is 1. The van der Waals surface area contributed by atoms with Crippen molar-refractivity contribution in [1.82, 2.24) is 0 Å². The van der Waals surface area contributed by atoms with Crippen molar-refractivity contribution in [2.75, 3.05) is 11.8 Å². The van der Waals surface area contributed by atoms with E-state index < -0.39 is 16.6 Å². The van der Waals surface area contributed by atoms with Crippen molar-refractivity contribution in [1.29, 1.82) is 0 Å². The van der Waals surface area contributed by atoms with Gasteiger partial charge in [-0.1, -0.05) is 15.9 Å². The van der Waals surface area contributed by atoms with Gasteiger partial charge in [0.15, 0.2) is 0 Å². The largest absolute Gasteiger partial charge is 0.495 e. The van der Waals surface area contributed by atoms with E-state index in [2.05, 4.69) is 25.4 Å². The van der Waals surface area contributed by atoms with Crippen molar-refractivity contribution >= 4 is 31.6 Å². The van der Waals surface area contributed by atoms with Crippen molar-refractivity contribution in [2.24, 2.45) is 0 Å². The van der Waals surface area contributed by atoms with E-state index in [1.54, 1.807) is 6.07 Å². The van der Waals surface area contributed by atoms with Crippen LogP contribution in [-0.2, 0) is 10.0 Å². The molecule has 0 fully saturated rings. The van der Waals surface area contributed by atoms with Crippen LogP contribution >= 0.6 is 15.9 Å². The van der Waals surface area contributed by atoms with Crippen molar-refractivity contribution < 1.29 is 26.7 Å². The SMILES string of the molecule is COc1ccc(Br)cc1S(=O)(=O)Nc1ccc(OC(F)F)cc1. The van der Waals surface area contributed by atoms with Gasteiger partial charge in [0.2, 0.25) is 0 Å². The monoisotopic (exact) mass is 407 g/mol. The van der Waals surface area contributed by atoms with Crippen LogP contribution in [-0.4, -0.2) is 22.1 Å². The molecule has 0 aromatic heterocycles. The normalized spacial score (nSPS) is 11.3. The Morgan fingerprint density at radius 3 is 2.35 bits per heavy atom.